The van der Waals surface area contributed by atoms with Crippen LogP contribution in [-0.4, -0.2) is 38.8 Å². The van der Waals surface area contributed by atoms with Crippen molar-refractivity contribution in [3.63, 3.8) is 0 Å². The quantitative estimate of drug-likeness (QED) is 0.634. The van der Waals surface area contributed by atoms with E-state index in [-0.39, 0.29) is 11.4 Å². The lowest BCUT2D eigenvalue weighted by Crippen LogP contribution is -2.33. The van der Waals surface area contributed by atoms with Crippen LogP contribution in [0.1, 0.15) is 17.0 Å². The Morgan fingerprint density at radius 3 is 2.35 bits per heavy atom. The highest BCUT2D eigenvalue weighted by Gasteiger charge is 2.28. The Kier molecular flexibility index (Phi) is 5.24. The Hall–Kier alpha value is -2.45. The Morgan fingerprint density at radius 1 is 1.04 bits per heavy atom. The number of nitrogens with zero attached hydrogens (tertiary/aromatic N) is 5. The Morgan fingerprint density at radius 2 is 1.77 bits per heavy atom. The van der Waals surface area contributed by atoms with Crippen molar-refractivity contribution in [1.82, 2.24) is 23.9 Å². The molecule has 2 aromatic heterocycles. The molecule has 0 amide bonds. The number of sulfonamides is 1. The van der Waals surface area contributed by atoms with Crippen LogP contribution in [0, 0.1) is 6.92 Å². The van der Waals surface area contributed by atoms with Gasteiger partial charge in [0.2, 0.25) is 10.0 Å². The van der Waals surface area contributed by atoms with Crippen molar-refractivity contribution in [2.24, 2.45) is 14.1 Å². The second-order valence-corrected chi connectivity index (χ2v) is 8.21. The zero-order valence-electron chi connectivity index (χ0n) is 15.2. The average molecular weight is 373 g/mol. The smallest absolute Gasteiger partial charge is 0.246 e. The predicted molar refractivity (Wildman–Crippen MR) is 98.9 cm³/mol. The van der Waals surface area contributed by atoms with Crippen molar-refractivity contribution in [2.45, 2.75) is 24.8 Å². The first-order chi connectivity index (χ1) is 12.4. The molecule has 0 aliphatic rings. The molecular weight excluding hydrogens is 350 g/mol. The maximum Gasteiger partial charge on any atom is 0.246 e. The number of rotatable bonds is 7. The highest BCUT2D eigenvalue weighted by Crippen LogP contribution is 2.21. The molecule has 0 spiro atoms. The monoisotopic (exact) mass is 373 g/mol. The summed E-state index contributed by atoms with van der Waals surface area (Å²) < 4.78 is 31.2. The van der Waals surface area contributed by atoms with Gasteiger partial charge in [-0.25, -0.2) is 8.42 Å². The van der Waals surface area contributed by atoms with Gasteiger partial charge in [0, 0.05) is 33.0 Å². The fourth-order valence-electron chi connectivity index (χ4n) is 2.88. The summed E-state index contributed by atoms with van der Waals surface area (Å²) in [6.07, 6.45) is 4.00. The van der Waals surface area contributed by atoms with Gasteiger partial charge in [0.15, 0.2) is 0 Å². The Bertz CT molecular complexity index is 976. The molecule has 1 aromatic carbocycles. The molecular formula is C18H23N5O2S. The van der Waals surface area contributed by atoms with Gasteiger partial charge in [-0.1, -0.05) is 30.3 Å². The van der Waals surface area contributed by atoms with Crippen LogP contribution in [-0.2, 0) is 37.1 Å². The summed E-state index contributed by atoms with van der Waals surface area (Å²) in [5.74, 6) is 0. The van der Waals surface area contributed by atoms with E-state index in [1.165, 1.54) is 8.99 Å². The first kappa shape index (κ1) is 18.3. The SMILES string of the molecule is Cc1nn(C)cc1S(=O)(=O)N(CCc1ccccc1)Cc1ccn(C)n1. The van der Waals surface area contributed by atoms with E-state index >= 15 is 0 Å². The van der Waals surface area contributed by atoms with E-state index in [0.717, 1.165) is 5.56 Å². The van der Waals surface area contributed by atoms with Gasteiger partial charge in [-0.05, 0) is 25.0 Å². The van der Waals surface area contributed by atoms with Gasteiger partial charge in [-0.2, -0.15) is 14.5 Å². The van der Waals surface area contributed by atoms with E-state index in [4.69, 9.17) is 0 Å². The van der Waals surface area contributed by atoms with Gasteiger partial charge in [0.1, 0.15) is 4.90 Å². The summed E-state index contributed by atoms with van der Waals surface area (Å²) in [6, 6.07) is 11.7. The topological polar surface area (TPSA) is 73.0 Å². The first-order valence-corrected chi connectivity index (χ1v) is 9.83. The normalized spacial score (nSPS) is 12.0. The molecule has 0 unspecified atom stereocenters. The summed E-state index contributed by atoms with van der Waals surface area (Å²) in [5.41, 5.74) is 2.31. The van der Waals surface area contributed by atoms with Crippen molar-refractivity contribution >= 4 is 10.0 Å². The van der Waals surface area contributed by atoms with Gasteiger partial charge >= 0.3 is 0 Å². The minimum absolute atomic E-state index is 0.227. The molecule has 0 saturated carbocycles. The molecule has 8 heteroatoms. The minimum atomic E-state index is -3.67. The number of aryl methyl sites for hydroxylation is 3. The molecule has 7 nitrogen and oxygen atoms in total. The van der Waals surface area contributed by atoms with E-state index in [0.29, 0.717) is 24.4 Å². The molecule has 3 rings (SSSR count). The van der Waals surface area contributed by atoms with Crippen LogP contribution in [0.15, 0.2) is 53.7 Å². The molecule has 138 valence electrons. The highest BCUT2D eigenvalue weighted by molar-refractivity contribution is 7.89. The van der Waals surface area contributed by atoms with Crippen molar-refractivity contribution in [2.75, 3.05) is 6.54 Å². The Labute approximate surface area is 153 Å². The second-order valence-electron chi connectivity index (χ2n) is 6.31. The average Bonchev–Trinajstić information content (AvgIpc) is 3.17. The third kappa shape index (κ3) is 4.03. The summed E-state index contributed by atoms with van der Waals surface area (Å²) in [5, 5.41) is 8.51. The number of benzene rings is 1. The number of hydrogen-bond donors (Lipinski definition) is 0. The van der Waals surface area contributed by atoms with Gasteiger partial charge in [-0.15, -0.1) is 0 Å². The lowest BCUT2D eigenvalue weighted by molar-refractivity contribution is 0.403. The van der Waals surface area contributed by atoms with E-state index in [1.54, 1.807) is 24.9 Å². The lowest BCUT2D eigenvalue weighted by Gasteiger charge is -2.21. The fraction of sp³-hybridized carbons (Fsp3) is 0.333. The maximum absolute atomic E-state index is 13.2. The third-order valence-corrected chi connectivity index (χ3v) is 6.13. The lowest BCUT2D eigenvalue weighted by atomic mass is 10.1. The van der Waals surface area contributed by atoms with Gasteiger partial charge in [0.25, 0.3) is 0 Å². The first-order valence-electron chi connectivity index (χ1n) is 8.39. The van der Waals surface area contributed by atoms with Crippen molar-refractivity contribution < 1.29 is 8.42 Å². The molecule has 0 atom stereocenters. The summed E-state index contributed by atoms with van der Waals surface area (Å²) in [6.45, 7) is 2.31. The predicted octanol–water partition coefficient (Wildman–Crippen LogP) is 1.90. The van der Waals surface area contributed by atoms with Crippen LogP contribution in [0.3, 0.4) is 0 Å². The number of aromatic nitrogens is 4. The Balaban J connectivity index is 1.89. The third-order valence-electron chi connectivity index (χ3n) is 4.19. The molecule has 0 fully saturated rings. The van der Waals surface area contributed by atoms with Crippen molar-refractivity contribution in [3.8, 4) is 0 Å². The van der Waals surface area contributed by atoms with E-state index in [9.17, 15) is 8.42 Å². The van der Waals surface area contributed by atoms with E-state index in [1.807, 2.05) is 49.6 Å². The highest BCUT2D eigenvalue weighted by atomic mass is 32.2. The van der Waals surface area contributed by atoms with E-state index in [2.05, 4.69) is 10.2 Å². The molecule has 0 aliphatic heterocycles. The zero-order chi connectivity index (χ0) is 18.7. The molecule has 0 radical (unpaired) electrons. The van der Waals surface area contributed by atoms with Crippen LogP contribution in [0.25, 0.3) is 0 Å². The molecule has 3 aromatic rings. The summed E-state index contributed by atoms with van der Waals surface area (Å²) in [4.78, 5) is 0.240. The van der Waals surface area contributed by atoms with E-state index < -0.39 is 10.0 Å². The summed E-state index contributed by atoms with van der Waals surface area (Å²) in [7, 11) is -0.131. The van der Waals surface area contributed by atoms with Gasteiger partial charge < -0.3 is 0 Å². The number of hydrogen-bond acceptors (Lipinski definition) is 4. The molecule has 26 heavy (non-hydrogen) atoms. The van der Waals surface area contributed by atoms with Crippen LogP contribution >= 0.6 is 0 Å². The largest absolute Gasteiger partial charge is 0.276 e. The van der Waals surface area contributed by atoms with Crippen LogP contribution < -0.4 is 0 Å². The van der Waals surface area contributed by atoms with Crippen LogP contribution in [0.5, 0.6) is 0 Å². The molecule has 0 bridgehead atoms. The standard InChI is InChI=1S/C18H23N5O2S/c1-15-18(14-22(3)19-15)26(24,25)23(13-17-10-11-21(2)20-17)12-9-16-7-5-4-6-8-16/h4-8,10-11,14H,9,12-13H2,1-3H3. The fourth-order valence-corrected chi connectivity index (χ4v) is 4.49. The molecule has 0 N–H and O–H groups in total. The molecule has 2 heterocycles. The van der Waals surface area contributed by atoms with Gasteiger partial charge in [0.05, 0.1) is 17.9 Å². The zero-order valence-corrected chi connectivity index (χ0v) is 16.0. The van der Waals surface area contributed by atoms with Gasteiger partial charge in [-0.3, -0.25) is 9.36 Å². The maximum atomic E-state index is 13.2. The molecule has 0 aliphatic carbocycles. The molecule has 0 saturated heterocycles. The minimum Gasteiger partial charge on any atom is -0.276 e. The van der Waals surface area contributed by atoms with Crippen molar-refractivity contribution in [1.29, 1.82) is 0 Å². The summed E-state index contributed by atoms with van der Waals surface area (Å²) >= 11 is 0. The van der Waals surface area contributed by atoms with Crippen LogP contribution in [0.2, 0.25) is 0 Å². The van der Waals surface area contributed by atoms with Crippen molar-refractivity contribution in [3.05, 3.63) is 65.7 Å². The second kappa shape index (κ2) is 7.43. The van der Waals surface area contributed by atoms with Crippen LogP contribution in [0.4, 0.5) is 0 Å².